The fourth-order valence-corrected chi connectivity index (χ4v) is 1.53. The molecule has 4 heteroatoms. The van der Waals surface area contributed by atoms with Crippen molar-refractivity contribution in [3.8, 4) is 0 Å². The third-order valence-corrected chi connectivity index (χ3v) is 2.29. The molecule has 0 aromatic heterocycles. The zero-order valence-electron chi connectivity index (χ0n) is 8.29. The van der Waals surface area contributed by atoms with Crippen LogP contribution < -0.4 is 0 Å². The van der Waals surface area contributed by atoms with Gasteiger partial charge in [0.15, 0.2) is 18.5 Å². The minimum atomic E-state index is -0.586. The van der Waals surface area contributed by atoms with Crippen molar-refractivity contribution in [2.24, 2.45) is 4.99 Å². The van der Waals surface area contributed by atoms with Gasteiger partial charge in [-0.15, -0.1) is 0 Å². The molecule has 1 heterocycles. The van der Waals surface area contributed by atoms with Crippen LogP contribution in [0.4, 0.5) is 0 Å². The first kappa shape index (κ1) is 9.71. The van der Waals surface area contributed by atoms with Gasteiger partial charge in [-0.2, -0.15) is 0 Å². The van der Waals surface area contributed by atoms with Crippen LogP contribution in [0.2, 0.25) is 0 Å². The summed E-state index contributed by atoms with van der Waals surface area (Å²) in [6, 6.07) is 8.91. The van der Waals surface area contributed by atoms with Crippen LogP contribution in [0.5, 0.6) is 0 Å². The van der Waals surface area contributed by atoms with E-state index in [2.05, 4.69) is 9.73 Å². The first-order chi connectivity index (χ1) is 7.33. The summed E-state index contributed by atoms with van der Waals surface area (Å²) in [5, 5.41) is 0. The number of esters is 1. The van der Waals surface area contributed by atoms with E-state index < -0.39 is 6.04 Å². The van der Waals surface area contributed by atoms with Gasteiger partial charge in [-0.05, 0) is 5.56 Å². The van der Waals surface area contributed by atoms with Crippen LogP contribution in [0.25, 0.3) is 0 Å². The number of rotatable bonds is 2. The molecule has 0 bridgehead atoms. The highest BCUT2D eigenvalue weighted by Gasteiger charge is 2.34. The van der Waals surface area contributed by atoms with Gasteiger partial charge in [-0.1, -0.05) is 30.3 Å². The number of ether oxygens (including phenoxy) is 2. The monoisotopic (exact) mass is 205 g/mol. The number of aliphatic imine (C=N–C) groups is 1. The molecule has 2 unspecified atom stereocenters. The standard InChI is InChI=1S/C11H11NO3/c1-14-11(13)9-10(15-7-12-9)8-5-3-2-4-6-8/h2-7,9-10H,1H3. The summed E-state index contributed by atoms with van der Waals surface area (Å²) in [6.07, 6.45) is 0.942. The summed E-state index contributed by atoms with van der Waals surface area (Å²) in [4.78, 5) is 15.3. The molecule has 1 aromatic rings. The average Bonchev–Trinajstić information content (AvgIpc) is 2.78. The molecule has 0 fully saturated rings. The second kappa shape index (κ2) is 4.13. The molecule has 1 aromatic carbocycles. The zero-order valence-corrected chi connectivity index (χ0v) is 8.29. The predicted molar refractivity (Wildman–Crippen MR) is 54.6 cm³/mol. The minimum Gasteiger partial charge on any atom is -0.473 e. The fourth-order valence-electron chi connectivity index (χ4n) is 1.53. The Kier molecular flexibility index (Phi) is 2.67. The lowest BCUT2D eigenvalue weighted by Gasteiger charge is -2.15. The van der Waals surface area contributed by atoms with E-state index in [4.69, 9.17) is 4.74 Å². The van der Waals surface area contributed by atoms with E-state index in [9.17, 15) is 4.79 Å². The van der Waals surface area contributed by atoms with E-state index in [1.807, 2.05) is 30.3 Å². The van der Waals surface area contributed by atoms with Crippen LogP contribution in [0.15, 0.2) is 35.3 Å². The molecular weight excluding hydrogens is 194 g/mol. The Hall–Kier alpha value is -1.84. The average molecular weight is 205 g/mol. The third-order valence-electron chi connectivity index (χ3n) is 2.29. The van der Waals surface area contributed by atoms with Gasteiger partial charge in [0.05, 0.1) is 7.11 Å². The highest BCUT2D eigenvalue weighted by atomic mass is 16.5. The number of methoxy groups -OCH3 is 1. The molecule has 4 nitrogen and oxygen atoms in total. The Balaban J connectivity index is 2.21. The van der Waals surface area contributed by atoms with Crippen molar-refractivity contribution in [3.05, 3.63) is 35.9 Å². The number of hydrogen-bond donors (Lipinski definition) is 0. The molecule has 0 spiro atoms. The van der Waals surface area contributed by atoms with Crippen molar-refractivity contribution < 1.29 is 14.3 Å². The summed E-state index contributed by atoms with van der Waals surface area (Å²) < 4.78 is 9.94. The van der Waals surface area contributed by atoms with E-state index in [0.29, 0.717) is 0 Å². The summed E-state index contributed by atoms with van der Waals surface area (Å²) >= 11 is 0. The largest absolute Gasteiger partial charge is 0.473 e. The molecule has 0 saturated heterocycles. The molecular formula is C11H11NO3. The summed E-state index contributed by atoms with van der Waals surface area (Å²) in [7, 11) is 1.35. The van der Waals surface area contributed by atoms with Gasteiger partial charge in [-0.3, -0.25) is 0 Å². The van der Waals surface area contributed by atoms with Gasteiger partial charge < -0.3 is 9.47 Å². The van der Waals surface area contributed by atoms with Gasteiger partial charge in [0, 0.05) is 0 Å². The van der Waals surface area contributed by atoms with Crippen molar-refractivity contribution in [3.63, 3.8) is 0 Å². The van der Waals surface area contributed by atoms with Crippen molar-refractivity contribution >= 4 is 12.4 Å². The Morgan fingerprint density at radius 1 is 1.40 bits per heavy atom. The maximum atomic E-state index is 11.4. The lowest BCUT2D eigenvalue weighted by Crippen LogP contribution is -2.25. The molecule has 1 aliphatic heterocycles. The summed E-state index contributed by atoms with van der Waals surface area (Å²) in [6.45, 7) is 0. The Bertz CT molecular complexity index is 375. The molecule has 2 rings (SSSR count). The predicted octanol–water partition coefficient (Wildman–Crippen LogP) is 1.33. The number of carbonyl (C=O) groups excluding carboxylic acids is 1. The van der Waals surface area contributed by atoms with Crippen molar-refractivity contribution in [1.82, 2.24) is 0 Å². The molecule has 0 N–H and O–H groups in total. The van der Waals surface area contributed by atoms with Crippen LogP contribution in [-0.2, 0) is 14.3 Å². The number of carbonyl (C=O) groups is 1. The second-order valence-electron chi connectivity index (χ2n) is 3.19. The number of nitrogens with zero attached hydrogens (tertiary/aromatic N) is 1. The molecule has 0 radical (unpaired) electrons. The van der Waals surface area contributed by atoms with Crippen LogP contribution in [-0.4, -0.2) is 25.5 Å². The maximum Gasteiger partial charge on any atom is 0.334 e. The van der Waals surface area contributed by atoms with E-state index in [0.717, 1.165) is 5.56 Å². The Labute approximate surface area is 87.5 Å². The number of hydrogen-bond acceptors (Lipinski definition) is 4. The van der Waals surface area contributed by atoms with E-state index in [-0.39, 0.29) is 12.1 Å². The summed E-state index contributed by atoms with van der Waals surface area (Å²) in [5.41, 5.74) is 0.922. The fraction of sp³-hybridized carbons (Fsp3) is 0.273. The van der Waals surface area contributed by atoms with Crippen LogP contribution in [0.1, 0.15) is 11.7 Å². The van der Waals surface area contributed by atoms with Gasteiger partial charge in [-0.25, -0.2) is 9.79 Å². The van der Waals surface area contributed by atoms with Crippen LogP contribution in [0.3, 0.4) is 0 Å². The second-order valence-corrected chi connectivity index (χ2v) is 3.19. The molecule has 78 valence electrons. The summed E-state index contributed by atoms with van der Waals surface area (Å²) in [5.74, 6) is -0.377. The highest BCUT2D eigenvalue weighted by molar-refractivity contribution is 5.80. The maximum absolute atomic E-state index is 11.4. The van der Waals surface area contributed by atoms with Gasteiger partial charge >= 0.3 is 5.97 Å². The van der Waals surface area contributed by atoms with Gasteiger partial charge in [0.1, 0.15) is 0 Å². The smallest absolute Gasteiger partial charge is 0.334 e. The quantitative estimate of drug-likeness (QED) is 0.684. The Morgan fingerprint density at radius 3 is 2.80 bits per heavy atom. The molecule has 2 atom stereocenters. The topological polar surface area (TPSA) is 47.9 Å². The Morgan fingerprint density at radius 2 is 2.13 bits per heavy atom. The van der Waals surface area contributed by atoms with E-state index >= 15 is 0 Å². The zero-order chi connectivity index (χ0) is 10.7. The molecule has 15 heavy (non-hydrogen) atoms. The van der Waals surface area contributed by atoms with Gasteiger partial charge in [0.2, 0.25) is 0 Å². The van der Waals surface area contributed by atoms with E-state index in [1.54, 1.807) is 0 Å². The number of benzene rings is 1. The SMILES string of the molecule is COC(=O)C1N=COC1c1ccccc1. The first-order valence-electron chi connectivity index (χ1n) is 4.63. The lowest BCUT2D eigenvalue weighted by molar-refractivity contribution is -0.143. The molecule has 1 aliphatic rings. The highest BCUT2D eigenvalue weighted by Crippen LogP contribution is 2.27. The first-order valence-corrected chi connectivity index (χ1v) is 4.63. The van der Waals surface area contributed by atoms with Crippen molar-refractivity contribution in [2.45, 2.75) is 12.1 Å². The normalized spacial score (nSPS) is 23.5. The van der Waals surface area contributed by atoms with Crippen molar-refractivity contribution in [1.29, 1.82) is 0 Å². The molecule has 0 aliphatic carbocycles. The molecule has 0 amide bonds. The van der Waals surface area contributed by atoms with Crippen molar-refractivity contribution in [2.75, 3.05) is 7.11 Å². The van der Waals surface area contributed by atoms with Crippen LogP contribution >= 0.6 is 0 Å². The third kappa shape index (κ3) is 1.83. The van der Waals surface area contributed by atoms with Crippen LogP contribution in [0, 0.1) is 0 Å². The van der Waals surface area contributed by atoms with Gasteiger partial charge in [0.25, 0.3) is 0 Å². The van der Waals surface area contributed by atoms with E-state index in [1.165, 1.54) is 13.5 Å². The lowest BCUT2D eigenvalue weighted by atomic mass is 10.0. The minimum absolute atomic E-state index is 0.362. The molecule has 0 saturated carbocycles.